The van der Waals surface area contributed by atoms with E-state index in [9.17, 15) is 0 Å². The highest BCUT2D eigenvalue weighted by Crippen LogP contribution is 2.15. The Balaban J connectivity index is 2.72. The van der Waals surface area contributed by atoms with Crippen LogP contribution in [0, 0.1) is 0 Å². The molecule has 0 atom stereocenters. The van der Waals surface area contributed by atoms with Gasteiger partial charge >= 0.3 is 0 Å². The first-order chi connectivity index (χ1) is 7.11. The second-order valence-electron chi connectivity index (χ2n) is 3.88. The summed E-state index contributed by atoms with van der Waals surface area (Å²) in [5, 5.41) is 8.88. The number of aliphatic hydroxyl groups excluding tert-OH is 1. The van der Waals surface area contributed by atoms with E-state index in [1.165, 1.54) is 0 Å². The van der Waals surface area contributed by atoms with Gasteiger partial charge in [0.15, 0.2) is 0 Å². The van der Waals surface area contributed by atoms with Gasteiger partial charge in [0.25, 0.3) is 0 Å². The summed E-state index contributed by atoms with van der Waals surface area (Å²) in [4.78, 5) is 0. The normalized spacial score (nSPS) is 11.9. The molecule has 0 bridgehead atoms. The molecule has 1 rings (SSSR count). The van der Waals surface area contributed by atoms with Crippen LogP contribution in [0.15, 0.2) is 29.8 Å². The molecule has 0 aliphatic rings. The lowest BCUT2D eigenvalue weighted by Crippen LogP contribution is -2.05. The first kappa shape index (κ1) is 11.8. The van der Waals surface area contributed by atoms with E-state index in [-0.39, 0.29) is 12.7 Å². The van der Waals surface area contributed by atoms with Crippen molar-refractivity contribution in [2.24, 2.45) is 0 Å². The number of ether oxygens (including phenoxy) is 1. The molecule has 1 aromatic rings. The minimum absolute atomic E-state index is 0.101. The minimum atomic E-state index is 0.101. The summed E-state index contributed by atoms with van der Waals surface area (Å²) in [6, 6.07) is 7.85. The average molecular weight is 206 g/mol. The summed E-state index contributed by atoms with van der Waals surface area (Å²) in [7, 11) is 0. The zero-order valence-electron chi connectivity index (χ0n) is 9.53. The summed E-state index contributed by atoms with van der Waals surface area (Å²) in [5.74, 6) is 0.879. The molecule has 0 fully saturated rings. The molecule has 0 saturated heterocycles. The monoisotopic (exact) mass is 206 g/mol. The Bertz CT molecular complexity index is 323. The van der Waals surface area contributed by atoms with Gasteiger partial charge in [-0.2, -0.15) is 0 Å². The van der Waals surface area contributed by atoms with E-state index in [1.54, 1.807) is 0 Å². The topological polar surface area (TPSA) is 29.5 Å². The molecular formula is C13H18O2. The molecule has 82 valence electrons. The highest BCUT2D eigenvalue weighted by Gasteiger charge is 1.96. The molecule has 0 aliphatic heterocycles. The lowest BCUT2D eigenvalue weighted by molar-refractivity contribution is 0.242. The molecule has 0 aromatic heterocycles. The van der Waals surface area contributed by atoms with Gasteiger partial charge in [-0.05, 0) is 44.0 Å². The number of aliphatic hydroxyl groups is 1. The van der Waals surface area contributed by atoms with Crippen LogP contribution < -0.4 is 4.74 Å². The van der Waals surface area contributed by atoms with Gasteiger partial charge in [-0.1, -0.05) is 18.2 Å². The maximum atomic E-state index is 8.88. The standard InChI is InChI=1S/C13H18O2/c1-10(2)15-13-6-4-12(5-7-13)8-11(3)9-14/h4-8,10,14H,9H2,1-3H3. The van der Waals surface area contributed by atoms with Crippen molar-refractivity contribution in [1.82, 2.24) is 0 Å². The molecule has 0 heterocycles. The zero-order chi connectivity index (χ0) is 11.3. The van der Waals surface area contributed by atoms with Crippen molar-refractivity contribution in [1.29, 1.82) is 0 Å². The van der Waals surface area contributed by atoms with Gasteiger partial charge < -0.3 is 9.84 Å². The van der Waals surface area contributed by atoms with E-state index in [0.717, 1.165) is 16.9 Å². The molecule has 2 heteroatoms. The fraction of sp³-hybridized carbons (Fsp3) is 0.385. The van der Waals surface area contributed by atoms with Gasteiger partial charge in [0.1, 0.15) is 5.75 Å². The number of rotatable bonds is 4. The minimum Gasteiger partial charge on any atom is -0.491 e. The zero-order valence-corrected chi connectivity index (χ0v) is 9.53. The van der Waals surface area contributed by atoms with Crippen molar-refractivity contribution >= 4 is 6.08 Å². The van der Waals surface area contributed by atoms with E-state index in [4.69, 9.17) is 9.84 Å². The molecule has 1 N–H and O–H groups in total. The Labute approximate surface area is 91.2 Å². The summed E-state index contributed by atoms with van der Waals surface area (Å²) in [6.45, 7) is 6.01. The van der Waals surface area contributed by atoms with Crippen molar-refractivity contribution < 1.29 is 9.84 Å². The summed E-state index contributed by atoms with van der Waals surface area (Å²) in [6.07, 6.45) is 2.16. The van der Waals surface area contributed by atoms with Crippen molar-refractivity contribution in [3.63, 3.8) is 0 Å². The first-order valence-corrected chi connectivity index (χ1v) is 5.16. The quantitative estimate of drug-likeness (QED) is 0.820. The number of hydrogen-bond donors (Lipinski definition) is 1. The van der Waals surface area contributed by atoms with Crippen molar-refractivity contribution in [3.8, 4) is 5.75 Å². The second kappa shape index (κ2) is 5.56. The van der Waals surface area contributed by atoms with E-state index in [2.05, 4.69) is 0 Å². The lowest BCUT2D eigenvalue weighted by Gasteiger charge is -2.09. The molecular weight excluding hydrogens is 188 g/mol. The Morgan fingerprint density at radius 2 is 1.93 bits per heavy atom. The van der Waals surface area contributed by atoms with Crippen LogP contribution in [0.5, 0.6) is 5.75 Å². The third-order valence-corrected chi connectivity index (χ3v) is 1.91. The van der Waals surface area contributed by atoms with Crippen molar-refractivity contribution in [2.75, 3.05) is 6.61 Å². The van der Waals surface area contributed by atoms with Crippen LogP contribution in [-0.4, -0.2) is 17.8 Å². The Morgan fingerprint density at radius 1 is 1.33 bits per heavy atom. The van der Waals surface area contributed by atoms with Gasteiger partial charge in [0.05, 0.1) is 12.7 Å². The third-order valence-electron chi connectivity index (χ3n) is 1.91. The predicted molar refractivity (Wildman–Crippen MR) is 62.9 cm³/mol. The van der Waals surface area contributed by atoms with Gasteiger partial charge in [-0.15, -0.1) is 0 Å². The van der Waals surface area contributed by atoms with Gasteiger partial charge in [0.2, 0.25) is 0 Å². The van der Waals surface area contributed by atoms with Crippen LogP contribution in [0.1, 0.15) is 26.3 Å². The van der Waals surface area contributed by atoms with E-state index >= 15 is 0 Å². The van der Waals surface area contributed by atoms with E-state index < -0.39 is 0 Å². The molecule has 1 aromatic carbocycles. The van der Waals surface area contributed by atoms with Gasteiger partial charge in [-0.25, -0.2) is 0 Å². The van der Waals surface area contributed by atoms with Crippen LogP contribution in [0.4, 0.5) is 0 Å². The maximum Gasteiger partial charge on any atom is 0.119 e. The SMILES string of the molecule is CC(=Cc1ccc(OC(C)C)cc1)CO. The smallest absolute Gasteiger partial charge is 0.119 e. The Morgan fingerprint density at radius 3 is 2.40 bits per heavy atom. The average Bonchev–Trinajstić information content (AvgIpc) is 2.20. The Kier molecular flexibility index (Phi) is 4.37. The van der Waals surface area contributed by atoms with Crippen LogP contribution in [0.2, 0.25) is 0 Å². The summed E-state index contributed by atoms with van der Waals surface area (Å²) in [5.41, 5.74) is 2.03. The number of hydrogen-bond acceptors (Lipinski definition) is 2. The second-order valence-corrected chi connectivity index (χ2v) is 3.88. The Hall–Kier alpha value is -1.28. The van der Waals surface area contributed by atoms with Crippen molar-refractivity contribution in [2.45, 2.75) is 26.9 Å². The van der Waals surface area contributed by atoms with E-state index in [0.29, 0.717) is 0 Å². The van der Waals surface area contributed by atoms with Crippen LogP contribution in [0.3, 0.4) is 0 Å². The first-order valence-electron chi connectivity index (χ1n) is 5.16. The molecule has 2 nitrogen and oxygen atoms in total. The molecule has 0 radical (unpaired) electrons. The molecule has 0 amide bonds. The highest BCUT2D eigenvalue weighted by molar-refractivity contribution is 5.53. The largest absolute Gasteiger partial charge is 0.491 e. The lowest BCUT2D eigenvalue weighted by atomic mass is 10.1. The highest BCUT2D eigenvalue weighted by atomic mass is 16.5. The third kappa shape index (κ3) is 4.17. The fourth-order valence-corrected chi connectivity index (χ4v) is 1.24. The molecule has 0 saturated carbocycles. The molecule has 0 aliphatic carbocycles. The predicted octanol–water partition coefficient (Wildman–Crippen LogP) is 2.87. The summed E-state index contributed by atoms with van der Waals surface area (Å²) < 4.78 is 5.53. The van der Waals surface area contributed by atoms with Crippen molar-refractivity contribution in [3.05, 3.63) is 35.4 Å². The van der Waals surface area contributed by atoms with Crippen LogP contribution >= 0.6 is 0 Å². The number of benzene rings is 1. The molecule has 15 heavy (non-hydrogen) atoms. The van der Waals surface area contributed by atoms with Gasteiger partial charge in [-0.3, -0.25) is 0 Å². The van der Waals surface area contributed by atoms with Gasteiger partial charge in [0, 0.05) is 0 Å². The molecule has 0 spiro atoms. The maximum absolute atomic E-state index is 8.88. The van der Waals surface area contributed by atoms with Crippen LogP contribution in [0.25, 0.3) is 6.08 Å². The fourth-order valence-electron chi connectivity index (χ4n) is 1.24. The molecule has 0 unspecified atom stereocenters. The summed E-state index contributed by atoms with van der Waals surface area (Å²) >= 11 is 0. The van der Waals surface area contributed by atoms with E-state index in [1.807, 2.05) is 51.1 Å². The van der Waals surface area contributed by atoms with Crippen LogP contribution in [-0.2, 0) is 0 Å².